The van der Waals surface area contributed by atoms with Crippen molar-refractivity contribution in [3.8, 4) is 0 Å². The number of thiol groups is 1. The van der Waals surface area contributed by atoms with Crippen LogP contribution in [0.4, 0.5) is 0 Å². The van der Waals surface area contributed by atoms with Crippen LogP contribution < -0.4 is 0 Å². The first kappa shape index (κ1) is 29.3. The van der Waals surface area contributed by atoms with Crippen LogP contribution in [0.15, 0.2) is 29.2 Å². The minimum atomic E-state index is 0.949. The first-order chi connectivity index (χ1) is 12.0. The van der Waals surface area contributed by atoms with Crippen LogP contribution in [-0.4, -0.2) is 0 Å². The number of aryl methyl sites for hydroxylation is 1. The smallest absolute Gasteiger partial charge is 0.00427 e. The van der Waals surface area contributed by atoms with Gasteiger partial charge in [0.1, 0.15) is 0 Å². The third-order valence-corrected chi connectivity index (χ3v) is 4.16. The summed E-state index contributed by atoms with van der Waals surface area (Å²) in [5.41, 5.74) is 1.38. The molecule has 25 heavy (non-hydrogen) atoms. The maximum Gasteiger partial charge on any atom is 0.00427 e. The van der Waals surface area contributed by atoms with Gasteiger partial charge in [-0.15, -0.1) is 12.6 Å². The van der Waals surface area contributed by atoms with Crippen molar-refractivity contribution in [3.63, 3.8) is 0 Å². The highest BCUT2D eigenvalue weighted by atomic mass is 32.1. The molecular formula is C24H48S. The fourth-order valence-electron chi connectivity index (χ4n) is 2.20. The van der Waals surface area contributed by atoms with Gasteiger partial charge in [0.05, 0.1) is 0 Å². The van der Waals surface area contributed by atoms with Crippen molar-refractivity contribution in [2.75, 3.05) is 0 Å². The molecule has 0 fully saturated rings. The zero-order valence-electron chi connectivity index (χ0n) is 18.7. The molecule has 1 atom stereocenters. The molecular weight excluding hydrogens is 320 g/mol. The van der Waals surface area contributed by atoms with E-state index >= 15 is 0 Å². The van der Waals surface area contributed by atoms with Crippen LogP contribution in [0.5, 0.6) is 0 Å². The average molecular weight is 369 g/mol. The second-order valence-electron chi connectivity index (χ2n) is 6.43. The van der Waals surface area contributed by atoms with Gasteiger partial charge in [-0.2, -0.15) is 0 Å². The van der Waals surface area contributed by atoms with Gasteiger partial charge in [0.15, 0.2) is 0 Å². The molecule has 1 heteroatoms. The minimum Gasteiger partial charge on any atom is -0.143 e. The van der Waals surface area contributed by atoms with E-state index in [0.29, 0.717) is 0 Å². The van der Waals surface area contributed by atoms with Crippen molar-refractivity contribution in [2.45, 2.75) is 118 Å². The van der Waals surface area contributed by atoms with Crippen LogP contribution in [0, 0.1) is 5.92 Å². The van der Waals surface area contributed by atoms with Crippen LogP contribution >= 0.6 is 12.6 Å². The van der Waals surface area contributed by atoms with Crippen molar-refractivity contribution in [3.05, 3.63) is 29.8 Å². The Hall–Kier alpha value is -0.430. The number of hydrogen-bond acceptors (Lipinski definition) is 1. The molecule has 0 aliphatic heterocycles. The third-order valence-electron chi connectivity index (χ3n) is 3.88. The monoisotopic (exact) mass is 368 g/mol. The standard InChI is InChI=1S/C9H12S.C7H16.C6H14.C2H6/c1-2-4-8-5-3-6-9(10)7-8;1-4-6-7(3)5-2;1-3-5-6-4-2;1-2/h3,5-7,10H,2,4H2,1H3;7H,4-6H2,1-3H3;3-6H2,1-2H3;1-2H3. The maximum absolute atomic E-state index is 4.25. The molecule has 0 spiro atoms. The van der Waals surface area contributed by atoms with Crippen LogP contribution in [-0.2, 0) is 6.42 Å². The fourth-order valence-corrected chi connectivity index (χ4v) is 2.45. The summed E-state index contributed by atoms with van der Waals surface area (Å²) in [5, 5.41) is 0. The van der Waals surface area contributed by atoms with Crippen molar-refractivity contribution >= 4 is 12.6 Å². The topological polar surface area (TPSA) is 0 Å². The minimum absolute atomic E-state index is 0.949. The third kappa shape index (κ3) is 25.9. The normalized spacial score (nSPS) is 10.3. The van der Waals surface area contributed by atoms with Gasteiger partial charge >= 0.3 is 0 Å². The zero-order valence-corrected chi connectivity index (χ0v) is 19.6. The molecule has 1 aromatic carbocycles. The second-order valence-corrected chi connectivity index (χ2v) is 6.95. The summed E-state index contributed by atoms with van der Waals surface area (Å²) in [6.07, 6.45) is 12.0. The van der Waals surface area contributed by atoms with Gasteiger partial charge < -0.3 is 0 Å². The quantitative estimate of drug-likeness (QED) is 0.343. The van der Waals surface area contributed by atoms with Gasteiger partial charge in [-0.1, -0.05) is 119 Å². The summed E-state index contributed by atoms with van der Waals surface area (Å²) in [5.74, 6) is 0.949. The highest BCUT2D eigenvalue weighted by molar-refractivity contribution is 7.80. The molecule has 0 bridgehead atoms. The molecule has 0 radical (unpaired) electrons. The van der Waals surface area contributed by atoms with E-state index < -0.39 is 0 Å². The van der Waals surface area contributed by atoms with Crippen LogP contribution in [0.3, 0.4) is 0 Å². The van der Waals surface area contributed by atoms with Gasteiger partial charge in [-0.25, -0.2) is 0 Å². The largest absolute Gasteiger partial charge is 0.143 e. The summed E-state index contributed by atoms with van der Waals surface area (Å²) in [6, 6.07) is 8.31. The van der Waals surface area contributed by atoms with E-state index in [1.807, 2.05) is 26.0 Å². The highest BCUT2D eigenvalue weighted by Gasteiger charge is 1.92. The summed E-state index contributed by atoms with van der Waals surface area (Å²) < 4.78 is 0. The lowest BCUT2D eigenvalue weighted by Crippen LogP contribution is -1.88. The van der Waals surface area contributed by atoms with Gasteiger partial charge in [0.2, 0.25) is 0 Å². The molecule has 1 aromatic rings. The Bertz CT molecular complexity index is 329. The maximum atomic E-state index is 4.25. The number of rotatable bonds is 8. The van der Waals surface area contributed by atoms with Crippen LogP contribution in [0.1, 0.15) is 112 Å². The van der Waals surface area contributed by atoms with Crippen molar-refractivity contribution in [1.82, 2.24) is 0 Å². The first-order valence-electron chi connectivity index (χ1n) is 10.8. The molecule has 0 amide bonds. The lowest BCUT2D eigenvalue weighted by atomic mass is 10.0. The summed E-state index contributed by atoms with van der Waals surface area (Å²) in [4.78, 5) is 1.06. The predicted octanol–water partition coefficient (Wildman–Crippen LogP) is 9.37. The molecule has 0 saturated carbocycles. The van der Waals surface area contributed by atoms with E-state index in [1.54, 1.807) is 0 Å². The summed E-state index contributed by atoms with van der Waals surface area (Å²) >= 11 is 4.25. The van der Waals surface area contributed by atoms with Crippen molar-refractivity contribution < 1.29 is 0 Å². The molecule has 1 rings (SSSR count). The zero-order chi connectivity index (χ0) is 19.9. The summed E-state index contributed by atoms with van der Waals surface area (Å²) in [7, 11) is 0. The van der Waals surface area contributed by atoms with Gasteiger partial charge in [0, 0.05) is 4.90 Å². The SMILES string of the molecule is CC.CCCC(C)CC.CCCCCC.CCCc1cccc(S)c1. The average Bonchev–Trinajstić information content (AvgIpc) is 2.63. The fraction of sp³-hybridized carbons (Fsp3) is 0.750. The van der Waals surface area contributed by atoms with Gasteiger partial charge in [-0.3, -0.25) is 0 Å². The molecule has 150 valence electrons. The highest BCUT2D eigenvalue weighted by Crippen LogP contribution is 2.10. The number of hydrogen-bond donors (Lipinski definition) is 1. The van der Waals surface area contributed by atoms with E-state index in [-0.39, 0.29) is 0 Å². The summed E-state index contributed by atoms with van der Waals surface area (Å²) in [6.45, 7) is 17.5. The Kier molecular flexibility index (Phi) is 30.3. The van der Waals surface area contributed by atoms with Crippen LogP contribution in [0.25, 0.3) is 0 Å². The Morgan fingerprint density at radius 3 is 1.72 bits per heavy atom. The van der Waals surface area contributed by atoms with Crippen LogP contribution in [0.2, 0.25) is 0 Å². The molecule has 0 aliphatic rings. The van der Waals surface area contributed by atoms with E-state index in [0.717, 1.165) is 17.2 Å². The van der Waals surface area contributed by atoms with Crippen molar-refractivity contribution in [2.24, 2.45) is 5.92 Å². The molecule has 0 nitrogen and oxygen atoms in total. The number of unbranched alkanes of at least 4 members (excludes halogenated alkanes) is 3. The number of benzene rings is 1. The Balaban J connectivity index is -0.000000287. The molecule has 0 aromatic heterocycles. The molecule has 0 heterocycles. The Labute approximate surface area is 166 Å². The molecule has 1 unspecified atom stereocenters. The Morgan fingerprint density at radius 2 is 1.40 bits per heavy atom. The van der Waals surface area contributed by atoms with E-state index in [1.165, 1.54) is 56.9 Å². The predicted molar refractivity (Wildman–Crippen MR) is 123 cm³/mol. The second kappa shape index (κ2) is 25.8. The lowest BCUT2D eigenvalue weighted by Gasteiger charge is -2.02. The van der Waals surface area contributed by atoms with Gasteiger partial charge in [0.25, 0.3) is 0 Å². The van der Waals surface area contributed by atoms with E-state index in [2.05, 4.69) is 66.3 Å². The first-order valence-corrected chi connectivity index (χ1v) is 11.3. The molecule has 0 aliphatic carbocycles. The van der Waals surface area contributed by atoms with E-state index in [4.69, 9.17) is 0 Å². The molecule has 0 saturated heterocycles. The van der Waals surface area contributed by atoms with Crippen molar-refractivity contribution in [1.29, 1.82) is 0 Å². The molecule has 0 N–H and O–H groups in total. The Morgan fingerprint density at radius 1 is 0.840 bits per heavy atom. The lowest BCUT2D eigenvalue weighted by molar-refractivity contribution is 0.509. The van der Waals surface area contributed by atoms with Gasteiger partial charge in [-0.05, 0) is 30.0 Å². The van der Waals surface area contributed by atoms with E-state index in [9.17, 15) is 0 Å².